The van der Waals surface area contributed by atoms with Gasteiger partial charge in [0.2, 0.25) is 0 Å². The van der Waals surface area contributed by atoms with Gasteiger partial charge < -0.3 is 0 Å². The van der Waals surface area contributed by atoms with E-state index in [2.05, 4.69) is 13.8 Å². The van der Waals surface area contributed by atoms with E-state index in [1.165, 1.54) is 5.06 Å². The van der Waals surface area contributed by atoms with E-state index in [1.807, 2.05) is 25.1 Å². The highest BCUT2D eigenvalue weighted by Crippen LogP contribution is 2.27. The van der Waals surface area contributed by atoms with Crippen LogP contribution in [0.5, 0.6) is 0 Å². The Morgan fingerprint density at radius 1 is 1.18 bits per heavy atom. The normalized spacial score (nSPS) is 10.4. The van der Waals surface area contributed by atoms with E-state index < -0.39 is 0 Å². The number of anilines is 1. The SMILES string of the molecule is CCC(=O)N(OC)c1c(CC)cccc1CC. The van der Waals surface area contributed by atoms with Gasteiger partial charge >= 0.3 is 0 Å². The van der Waals surface area contributed by atoms with Gasteiger partial charge in [-0.3, -0.25) is 9.63 Å². The van der Waals surface area contributed by atoms with Crippen molar-refractivity contribution < 1.29 is 9.63 Å². The van der Waals surface area contributed by atoms with Crippen molar-refractivity contribution in [2.24, 2.45) is 0 Å². The number of hydrogen-bond donors (Lipinski definition) is 0. The number of aryl methyl sites for hydroxylation is 2. The molecule has 0 radical (unpaired) electrons. The molecule has 1 aromatic carbocycles. The van der Waals surface area contributed by atoms with Crippen LogP contribution in [0.1, 0.15) is 38.3 Å². The quantitative estimate of drug-likeness (QED) is 0.734. The Labute approximate surface area is 103 Å². The molecule has 0 N–H and O–H groups in total. The molecule has 0 saturated heterocycles. The molecular weight excluding hydrogens is 214 g/mol. The van der Waals surface area contributed by atoms with Crippen molar-refractivity contribution in [1.29, 1.82) is 0 Å². The summed E-state index contributed by atoms with van der Waals surface area (Å²) in [6.07, 6.45) is 2.22. The summed E-state index contributed by atoms with van der Waals surface area (Å²) in [4.78, 5) is 17.1. The van der Waals surface area contributed by atoms with Gasteiger partial charge in [0.1, 0.15) is 0 Å². The van der Waals surface area contributed by atoms with Gasteiger partial charge in [0, 0.05) is 6.42 Å². The van der Waals surface area contributed by atoms with Crippen molar-refractivity contribution in [2.75, 3.05) is 12.2 Å². The van der Waals surface area contributed by atoms with Crippen LogP contribution in [-0.4, -0.2) is 13.0 Å². The Hall–Kier alpha value is -1.35. The van der Waals surface area contributed by atoms with Gasteiger partial charge in [0.15, 0.2) is 0 Å². The highest BCUT2D eigenvalue weighted by molar-refractivity contribution is 5.92. The summed E-state index contributed by atoms with van der Waals surface area (Å²) in [6, 6.07) is 6.12. The van der Waals surface area contributed by atoms with E-state index in [4.69, 9.17) is 4.84 Å². The maximum atomic E-state index is 11.9. The van der Waals surface area contributed by atoms with Gasteiger partial charge in [0.05, 0.1) is 12.8 Å². The van der Waals surface area contributed by atoms with Crippen LogP contribution in [-0.2, 0) is 22.5 Å². The van der Waals surface area contributed by atoms with Crippen LogP contribution in [0.4, 0.5) is 5.69 Å². The van der Waals surface area contributed by atoms with Crippen LogP contribution >= 0.6 is 0 Å². The molecule has 0 aliphatic rings. The first-order valence-corrected chi connectivity index (χ1v) is 6.17. The number of amides is 1. The Morgan fingerprint density at radius 2 is 1.71 bits per heavy atom. The fourth-order valence-corrected chi connectivity index (χ4v) is 1.94. The molecule has 0 atom stereocenters. The van der Waals surface area contributed by atoms with Crippen molar-refractivity contribution in [2.45, 2.75) is 40.0 Å². The molecule has 1 aromatic rings. The Balaban J connectivity index is 3.29. The van der Waals surface area contributed by atoms with Gasteiger partial charge in [-0.1, -0.05) is 39.0 Å². The van der Waals surface area contributed by atoms with Crippen molar-refractivity contribution in [3.63, 3.8) is 0 Å². The zero-order valence-corrected chi connectivity index (χ0v) is 11.1. The fourth-order valence-electron chi connectivity index (χ4n) is 1.94. The fraction of sp³-hybridized carbons (Fsp3) is 0.500. The second-order valence-electron chi connectivity index (χ2n) is 3.86. The van der Waals surface area contributed by atoms with Crippen LogP contribution in [0, 0.1) is 0 Å². The van der Waals surface area contributed by atoms with Crippen molar-refractivity contribution in [1.82, 2.24) is 0 Å². The molecule has 0 aromatic heterocycles. The van der Waals surface area contributed by atoms with E-state index in [0.29, 0.717) is 6.42 Å². The summed E-state index contributed by atoms with van der Waals surface area (Å²) in [7, 11) is 1.54. The van der Waals surface area contributed by atoms with Crippen LogP contribution in [0.3, 0.4) is 0 Å². The zero-order valence-electron chi connectivity index (χ0n) is 11.1. The lowest BCUT2D eigenvalue weighted by Gasteiger charge is -2.24. The third-order valence-electron chi connectivity index (χ3n) is 2.88. The Kier molecular flexibility index (Phi) is 5.16. The molecule has 0 bridgehead atoms. The zero-order chi connectivity index (χ0) is 12.8. The summed E-state index contributed by atoms with van der Waals surface area (Å²) in [5, 5.41) is 1.43. The topological polar surface area (TPSA) is 29.5 Å². The molecule has 0 saturated carbocycles. The lowest BCUT2D eigenvalue weighted by molar-refractivity contribution is -0.124. The smallest absolute Gasteiger partial charge is 0.250 e. The van der Waals surface area contributed by atoms with Gasteiger partial charge in [0.25, 0.3) is 5.91 Å². The minimum absolute atomic E-state index is 0.0110. The number of hydroxylamine groups is 1. The molecule has 0 aliphatic heterocycles. The van der Waals surface area contributed by atoms with Crippen LogP contribution in [0.15, 0.2) is 18.2 Å². The molecule has 94 valence electrons. The van der Waals surface area contributed by atoms with Crippen LogP contribution < -0.4 is 5.06 Å². The van der Waals surface area contributed by atoms with Gasteiger partial charge in [-0.2, -0.15) is 5.06 Å². The Bertz CT molecular complexity index is 366. The van der Waals surface area contributed by atoms with E-state index in [-0.39, 0.29) is 5.91 Å². The standard InChI is InChI=1S/C14H21NO2/c1-5-11-9-8-10-12(6-2)14(11)15(17-4)13(16)7-3/h8-10H,5-7H2,1-4H3. The molecule has 0 spiro atoms. The molecule has 0 fully saturated rings. The van der Waals surface area contributed by atoms with Crippen molar-refractivity contribution >= 4 is 11.6 Å². The first kappa shape index (κ1) is 13.7. The van der Waals surface area contributed by atoms with Crippen molar-refractivity contribution in [3.05, 3.63) is 29.3 Å². The number of nitrogens with zero attached hydrogens (tertiary/aromatic N) is 1. The van der Waals surface area contributed by atoms with E-state index in [1.54, 1.807) is 7.11 Å². The molecule has 0 unspecified atom stereocenters. The molecule has 17 heavy (non-hydrogen) atoms. The monoisotopic (exact) mass is 235 g/mol. The molecular formula is C14H21NO2. The number of para-hydroxylation sites is 1. The second kappa shape index (κ2) is 6.40. The molecule has 0 aliphatic carbocycles. The Morgan fingerprint density at radius 3 is 2.06 bits per heavy atom. The maximum absolute atomic E-state index is 11.9. The lowest BCUT2D eigenvalue weighted by atomic mass is 10.0. The summed E-state index contributed by atoms with van der Waals surface area (Å²) >= 11 is 0. The predicted molar refractivity (Wildman–Crippen MR) is 70.0 cm³/mol. The average Bonchev–Trinajstić information content (AvgIpc) is 2.39. The first-order chi connectivity index (χ1) is 8.19. The summed E-state index contributed by atoms with van der Waals surface area (Å²) in [5.74, 6) is -0.0110. The molecule has 3 heteroatoms. The number of hydrogen-bond acceptors (Lipinski definition) is 2. The maximum Gasteiger partial charge on any atom is 0.250 e. The summed E-state index contributed by atoms with van der Waals surface area (Å²) < 4.78 is 0. The highest BCUT2D eigenvalue weighted by Gasteiger charge is 2.19. The number of carbonyl (C=O) groups excluding carboxylic acids is 1. The highest BCUT2D eigenvalue weighted by atomic mass is 16.7. The summed E-state index contributed by atoms with van der Waals surface area (Å²) in [5.41, 5.74) is 3.22. The van der Waals surface area contributed by atoms with Gasteiger partial charge in [-0.05, 0) is 24.0 Å². The third kappa shape index (κ3) is 2.86. The number of rotatable bonds is 5. The van der Waals surface area contributed by atoms with E-state index in [9.17, 15) is 4.79 Å². The van der Waals surface area contributed by atoms with E-state index in [0.717, 1.165) is 29.7 Å². The first-order valence-electron chi connectivity index (χ1n) is 6.17. The van der Waals surface area contributed by atoms with Crippen LogP contribution in [0.25, 0.3) is 0 Å². The van der Waals surface area contributed by atoms with Crippen LogP contribution in [0.2, 0.25) is 0 Å². The molecule has 1 amide bonds. The molecule has 0 heterocycles. The number of benzene rings is 1. The average molecular weight is 235 g/mol. The largest absolute Gasteiger partial charge is 0.272 e. The molecule has 3 nitrogen and oxygen atoms in total. The van der Waals surface area contributed by atoms with E-state index >= 15 is 0 Å². The third-order valence-corrected chi connectivity index (χ3v) is 2.88. The number of carbonyl (C=O) groups is 1. The van der Waals surface area contributed by atoms with Gasteiger partial charge in [-0.15, -0.1) is 0 Å². The lowest BCUT2D eigenvalue weighted by Crippen LogP contribution is -2.30. The van der Waals surface area contributed by atoms with Gasteiger partial charge in [-0.25, -0.2) is 0 Å². The minimum atomic E-state index is -0.0110. The predicted octanol–water partition coefficient (Wildman–Crippen LogP) is 3.12. The summed E-state index contributed by atoms with van der Waals surface area (Å²) in [6.45, 7) is 6.01. The molecule has 1 rings (SSSR count). The second-order valence-corrected chi connectivity index (χ2v) is 3.86. The minimum Gasteiger partial charge on any atom is -0.272 e. The van der Waals surface area contributed by atoms with Crippen molar-refractivity contribution in [3.8, 4) is 0 Å².